The summed E-state index contributed by atoms with van der Waals surface area (Å²) in [5.74, 6) is 0.554. The number of aromatic nitrogens is 2. The van der Waals surface area contributed by atoms with Gasteiger partial charge in [-0.05, 0) is 48.4 Å². The zero-order valence-electron chi connectivity index (χ0n) is 19.0. The number of nitrogens with zero attached hydrogens (tertiary/aromatic N) is 2. The quantitative estimate of drug-likeness (QED) is 0.289. The highest BCUT2D eigenvalue weighted by atomic mass is 32.2. The van der Waals surface area contributed by atoms with Crippen LogP contribution < -0.4 is 15.4 Å². The zero-order chi connectivity index (χ0) is 25.3. The van der Waals surface area contributed by atoms with Crippen molar-refractivity contribution >= 4 is 32.7 Å². The van der Waals surface area contributed by atoms with E-state index in [1.54, 1.807) is 34.9 Å². The Kier molecular flexibility index (Phi) is 6.80. The van der Waals surface area contributed by atoms with E-state index in [-0.39, 0.29) is 29.7 Å². The van der Waals surface area contributed by atoms with E-state index in [1.807, 2.05) is 6.07 Å². The van der Waals surface area contributed by atoms with Gasteiger partial charge in [-0.2, -0.15) is 0 Å². The monoisotopic (exact) mass is 527 g/mol. The maximum Gasteiger partial charge on any atom is 0.262 e. The number of thioether (sulfide) groups is 1. The number of aryl methyl sites for hydroxylation is 1. The molecule has 0 atom stereocenters. The molecule has 1 aliphatic rings. The molecule has 1 aromatic heterocycles. The molecule has 0 fully saturated rings. The first-order chi connectivity index (χ1) is 17.3. The highest BCUT2D eigenvalue weighted by Gasteiger charge is 2.19. The van der Waals surface area contributed by atoms with E-state index in [0.29, 0.717) is 51.7 Å². The van der Waals surface area contributed by atoms with Crippen molar-refractivity contribution in [2.75, 3.05) is 6.79 Å². The van der Waals surface area contributed by atoms with Crippen molar-refractivity contribution in [1.29, 1.82) is 0 Å². The average molecular weight is 528 g/mol. The summed E-state index contributed by atoms with van der Waals surface area (Å²) in [5.41, 5.74) is 2.53. The Balaban J connectivity index is 1.45. The first-order valence-corrected chi connectivity index (χ1v) is 13.6. The molecule has 11 heteroatoms. The molecular weight excluding hydrogens is 505 g/mol. The van der Waals surface area contributed by atoms with E-state index < -0.39 is 10.0 Å². The van der Waals surface area contributed by atoms with Crippen molar-refractivity contribution in [2.45, 2.75) is 35.4 Å². The van der Waals surface area contributed by atoms with Gasteiger partial charge in [0.2, 0.25) is 10.0 Å². The topological polar surface area (TPSA) is 114 Å². The van der Waals surface area contributed by atoms with Gasteiger partial charge in [0.15, 0.2) is 11.9 Å². The molecule has 0 spiro atoms. The number of hydrogen-bond donors (Lipinski definition) is 1. The van der Waals surface area contributed by atoms with E-state index in [0.717, 1.165) is 5.56 Å². The minimum absolute atomic E-state index is 0.0260. The third kappa shape index (κ3) is 5.14. The molecule has 3 aromatic carbocycles. The van der Waals surface area contributed by atoms with Crippen molar-refractivity contribution in [2.24, 2.45) is 5.14 Å². The number of para-hydroxylation sites is 1. The fourth-order valence-corrected chi connectivity index (χ4v) is 5.56. The van der Waals surface area contributed by atoms with Crippen LogP contribution in [0, 0.1) is 5.82 Å². The van der Waals surface area contributed by atoms with Crippen LogP contribution in [0.5, 0.6) is 5.75 Å². The van der Waals surface area contributed by atoms with Gasteiger partial charge in [-0.3, -0.25) is 9.36 Å². The van der Waals surface area contributed by atoms with Gasteiger partial charge in [0.25, 0.3) is 5.56 Å². The summed E-state index contributed by atoms with van der Waals surface area (Å²) in [7, 11) is -3.78. The number of hydrogen-bond acceptors (Lipinski definition) is 7. The Morgan fingerprint density at radius 3 is 2.67 bits per heavy atom. The number of benzene rings is 3. The number of primary sulfonamides is 1. The molecule has 0 bridgehead atoms. The molecule has 0 aliphatic carbocycles. The second-order valence-corrected chi connectivity index (χ2v) is 10.8. The summed E-state index contributed by atoms with van der Waals surface area (Å²) < 4.78 is 49.7. The number of ether oxygens (including phenoxy) is 2. The van der Waals surface area contributed by atoms with Gasteiger partial charge < -0.3 is 9.47 Å². The summed E-state index contributed by atoms with van der Waals surface area (Å²) >= 11 is 1.32. The first-order valence-electron chi connectivity index (χ1n) is 11.1. The summed E-state index contributed by atoms with van der Waals surface area (Å²) in [4.78, 5) is 18.1. The maximum atomic E-state index is 14.2. The minimum Gasteiger partial charge on any atom is -0.467 e. The largest absolute Gasteiger partial charge is 0.467 e. The molecule has 1 aliphatic heterocycles. The molecule has 2 N–H and O–H groups in total. The summed E-state index contributed by atoms with van der Waals surface area (Å²) in [6, 6.07) is 16.2. The third-order valence-electron chi connectivity index (χ3n) is 5.81. The summed E-state index contributed by atoms with van der Waals surface area (Å²) in [5, 5.41) is 6.16. The van der Waals surface area contributed by atoms with Crippen molar-refractivity contribution in [3.63, 3.8) is 0 Å². The van der Waals surface area contributed by atoms with E-state index >= 15 is 0 Å². The third-order valence-corrected chi connectivity index (χ3v) is 7.77. The second kappa shape index (κ2) is 10.0. The van der Waals surface area contributed by atoms with Crippen LogP contribution in [0.2, 0.25) is 0 Å². The number of fused-ring (bicyclic) bond motifs is 2. The number of halogens is 1. The first kappa shape index (κ1) is 24.4. The number of sulfonamides is 1. The van der Waals surface area contributed by atoms with Gasteiger partial charge in [0, 0.05) is 23.4 Å². The Hall–Kier alpha value is -3.25. The smallest absolute Gasteiger partial charge is 0.262 e. The van der Waals surface area contributed by atoms with Gasteiger partial charge in [-0.1, -0.05) is 36.0 Å². The van der Waals surface area contributed by atoms with Crippen LogP contribution in [-0.4, -0.2) is 24.8 Å². The molecule has 186 valence electrons. The van der Waals surface area contributed by atoms with Crippen LogP contribution in [-0.2, 0) is 40.1 Å². The lowest BCUT2D eigenvalue weighted by molar-refractivity contribution is -0.0171. The Labute approximate surface area is 210 Å². The normalized spacial score (nSPS) is 13.4. The van der Waals surface area contributed by atoms with Crippen LogP contribution in [0.1, 0.15) is 16.7 Å². The van der Waals surface area contributed by atoms with Crippen molar-refractivity contribution in [1.82, 2.24) is 9.55 Å². The van der Waals surface area contributed by atoms with Crippen molar-refractivity contribution < 1.29 is 22.3 Å². The van der Waals surface area contributed by atoms with Gasteiger partial charge in [0.1, 0.15) is 11.6 Å². The maximum absolute atomic E-state index is 14.2. The minimum atomic E-state index is -3.78. The predicted octanol–water partition coefficient (Wildman–Crippen LogP) is 3.58. The fourth-order valence-electron chi connectivity index (χ4n) is 4.05. The van der Waals surface area contributed by atoms with Crippen molar-refractivity contribution in [3.05, 3.63) is 93.5 Å². The lowest BCUT2D eigenvalue weighted by atomic mass is 10.1. The van der Waals surface area contributed by atoms with Crippen LogP contribution in [0.25, 0.3) is 10.9 Å². The zero-order valence-corrected chi connectivity index (χ0v) is 20.6. The Morgan fingerprint density at radius 2 is 1.89 bits per heavy atom. The van der Waals surface area contributed by atoms with Gasteiger partial charge in [0.05, 0.1) is 22.4 Å². The Morgan fingerprint density at radius 1 is 1.11 bits per heavy atom. The molecule has 0 radical (unpaired) electrons. The van der Waals surface area contributed by atoms with Gasteiger partial charge in [-0.15, -0.1) is 0 Å². The summed E-state index contributed by atoms with van der Waals surface area (Å²) in [6.45, 7) is 0.687. The highest BCUT2D eigenvalue weighted by Crippen LogP contribution is 2.33. The average Bonchev–Trinajstić information content (AvgIpc) is 2.86. The number of rotatable bonds is 7. The standard InChI is InChI=1S/C25H22FN3O5S2/c26-19-11-17-13-33-15-34-23(17)18(12-19)14-35-25-28-22-4-2-1-3-21(22)24(30)29(25)10-9-16-5-7-20(8-6-16)36(27,31)32/h1-8,11-12H,9-10,13-15H2,(H2,27,31,32). The van der Waals surface area contributed by atoms with Crippen LogP contribution in [0.4, 0.5) is 4.39 Å². The SMILES string of the molecule is NS(=O)(=O)c1ccc(CCn2c(SCc3cc(F)cc4c3OCOC4)nc3ccccc3c2=O)cc1. The predicted molar refractivity (Wildman–Crippen MR) is 134 cm³/mol. The van der Waals surface area contributed by atoms with Crippen LogP contribution >= 0.6 is 11.8 Å². The van der Waals surface area contributed by atoms with Gasteiger partial charge >= 0.3 is 0 Å². The molecule has 2 heterocycles. The molecule has 36 heavy (non-hydrogen) atoms. The van der Waals surface area contributed by atoms with E-state index in [1.165, 1.54) is 36.0 Å². The molecule has 5 rings (SSSR count). The summed E-state index contributed by atoms with van der Waals surface area (Å²) in [6.07, 6.45) is 0.466. The molecule has 0 amide bonds. The van der Waals surface area contributed by atoms with Gasteiger partial charge in [-0.25, -0.2) is 22.9 Å². The second-order valence-electron chi connectivity index (χ2n) is 8.26. The molecule has 0 saturated heterocycles. The fraction of sp³-hybridized carbons (Fsp3) is 0.200. The molecule has 8 nitrogen and oxygen atoms in total. The van der Waals surface area contributed by atoms with Crippen molar-refractivity contribution in [3.8, 4) is 5.75 Å². The molecule has 4 aromatic rings. The van der Waals surface area contributed by atoms with Crippen LogP contribution in [0.3, 0.4) is 0 Å². The van der Waals surface area contributed by atoms with E-state index in [4.69, 9.17) is 19.6 Å². The molecular formula is C25H22FN3O5S2. The lowest BCUT2D eigenvalue weighted by Crippen LogP contribution is -2.24. The molecule has 0 unspecified atom stereocenters. The van der Waals surface area contributed by atoms with E-state index in [9.17, 15) is 17.6 Å². The van der Waals surface area contributed by atoms with E-state index in [2.05, 4.69) is 0 Å². The lowest BCUT2D eigenvalue weighted by Gasteiger charge is -2.21. The Bertz CT molecular complexity index is 1610. The molecule has 0 saturated carbocycles. The highest BCUT2D eigenvalue weighted by molar-refractivity contribution is 7.98. The number of nitrogens with two attached hydrogens (primary N) is 1. The van der Waals surface area contributed by atoms with Crippen LogP contribution in [0.15, 0.2) is 75.5 Å².